The lowest BCUT2D eigenvalue weighted by atomic mass is 10.0. The van der Waals surface area contributed by atoms with E-state index in [1.807, 2.05) is 19.2 Å². The fourth-order valence-electron chi connectivity index (χ4n) is 2.93. The van der Waals surface area contributed by atoms with Crippen molar-refractivity contribution in [1.82, 2.24) is 5.32 Å². The molecule has 1 aliphatic heterocycles. The summed E-state index contributed by atoms with van der Waals surface area (Å²) in [7, 11) is 1.98. The highest BCUT2D eigenvalue weighted by molar-refractivity contribution is 6.33. The Labute approximate surface area is 115 Å². The largest absolute Gasteiger partial charge is 0.370 e. The van der Waals surface area contributed by atoms with Crippen LogP contribution in [0.1, 0.15) is 31.7 Å². The number of rotatable bonds is 5. The van der Waals surface area contributed by atoms with Crippen LogP contribution in [-0.2, 0) is 6.54 Å². The summed E-state index contributed by atoms with van der Waals surface area (Å²) >= 11 is 6.40. The van der Waals surface area contributed by atoms with Crippen molar-refractivity contribution in [3.05, 3.63) is 28.8 Å². The lowest BCUT2D eigenvalue weighted by Crippen LogP contribution is -2.22. The second-order valence-electron chi connectivity index (χ2n) is 5.17. The van der Waals surface area contributed by atoms with Gasteiger partial charge in [0.05, 0.1) is 10.7 Å². The number of anilines is 1. The van der Waals surface area contributed by atoms with Gasteiger partial charge in [0.1, 0.15) is 0 Å². The lowest BCUT2D eigenvalue weighted by Gasteiger charge is -2.23. The van der Waals surface area contributed by atoms with Gasteiger partial charge in [-0.3, -0.25) is 0 Å². The van der Waals surface area contributed by atoms with Crippen molar-refractivity contribution >= 4 is 17.3 Å². The van der Waals surface area contributed by atoms with Gasteiger partial charge in [-0.25, -0.2) is 0 Å². The first kappa shape index (κ1) is 13.7. The molecule has 1 heterocycles. The molecule has 0 saturated carbocycles. The van der Waals surface area contributed by atoms with E-state index >= 15 is 0 Å². The summed E-state index contributed by atoms with van der Waals surface area (Å²) in [6, 6.07) is 6.21. The van der Waals surface area contributed by atoms with Crippen LogP contribution < -0.4 is 10.2 Å². The van der Waals surface area contributed by atoms with Crippen LogP contribution in [0.4, 0.5) is 5.69 Å². The molecule has 1 aromatic rings. The van der Waals surface area contributed by atoms with Crippen LogP contribution >= 0.6 is 11.6 Å². The van der Waals surface area contributed by atoms with E-state index in [2.05, 4.69) is 23.2 Å². The number of halogens is 1. The standard InChI is InChI=1S/C15H23ClN2/c1-3-5-12-8-9-18(11-12)15-13(10-17-2)6-4-7-14(15)16/h4,6-7,12,17H,3,5,8-11H2,1-2H3. The third-order valence-corrected chi connectivity index (χ3v) is 4.04. The maximum atomic E-state index is 6.40. The van der Waals surface area contributed by atoms with Crippen LogP contribution in [0.15, 0.2) is 18.2 Å². The fourth-order valence-corrected chi connectivity index (χ4v) is 3.24. The Bertz CT molecular complexity index is 392. The minimum Gasteiger partial charge on any atom is -0.370 e. The molecule has 100 valence electrons. The van der Waals surface area contributed by atoms with Crippen LogP contribution in [0.2, 0.25) is 5.02 Å². The van der Waals surface area contributed by atoms with E-state index in [1.54, 1.807) is 0 Å². The second-order valence-corrected chi connectivity index (χ2v) is 5.57. The van der Waals surface area contributed by atoms with Crippen LogP contribution in [0.3, 0.4) is 0 Å². The molecule has 1 fully saturated rings. The smallest absolute Gasteiger partial charge is 0.0642 e. The first-order valence-electron chi connectivity index (χ1n) is 6.93. The molecular weight excluding hydrogens is 244 g/mol. The molecule has 1 saturated heterocycles. The van der Waals surface area contributed by atoms with Gasteiger partial charge >= 0.3 is 0 Å². The van der Waals surface area contributed by atoms with E-state index < -0.39 is 0 Å². The summed E-state index contributed by atoms with van der Waals surface area (Å²) in [4.78, 5) is 2.47. The SMILES string of the molecule is CCCC1CCN(c2c(Cl)cccc2CNC)C1. The monoisotopic (exact) mass is 266 g/mol. The average molecular weight is 267 g/mol. The van der Waals surface area contributed by atoms with Crippen molar-refractivity contribution in [1.29, 1.82) is 0 Å². The van der Waals surface area contributed by atoms with Gasteiger partial charge in [0.15, 0.2) is 0 Å². The van der Waals surface area contributed by atoms with Gasteiger partial charge in [0.25, 0.3) is 0 Å². The fraction of sp³-hybridized carbons (Fsp3) is 0.600. The molecule has 0 amide bonds. The van der Waals surface area contributed by atoms with Crippen molar-refractivity contribution in [2.24, 2.45) is 5.92 Å². The second kappa shape index (κ2) is 6.44. The molecule has 18 heavy (non-hydrogen) atoms. The average Bonchev–Trinajstić information content (AvgIpc) is 2.78. The maximum Gasteiger partial charge on any atom is 0.0642 e. The van der Waals surface area contributed by atoms with Crippen LogP contribution in [0.5, 0.6) is 0 Å². The van der Waals surface area contributed by atoms with Gasteiger partial charge in [-0.15, -0.1) is 0 Å². The lowest BCUT2D eigenvalue weighted by molar-refractivity contribution is 0.529. The molecule has 1 N–H and O–H groups in total. The molecule has 1 aliphatic rings. The maximum absolute atomic E-state index is 6.40. The Morgan fingerprint density at radius 2 is 2.28 bits per heavy atom. The normalized spacial score (nSPS) is 19.5. The van der Waals surface area contributed by atoms with Gasteiger partial charge in [0, 0.05) is 19.6 Å². The number of nitrogens with one attached hydrogen (secondary N) is 1. The zero-order valence-corrected chi connectivity index (χ0v) is 12.1. The molecule has 0 spiro atoms. The quantitative estimate of drug-likeness (QED) is 0.875. The Morgan fingerprint density at radius 3 is 3.00 bits per heavy atom. The molecule has 3 heteroatoms. The molecule has 0 radical (unpaired) electrons. The zero-order valence-electron chi connectivity index (χ0n) is 11.4. The molecular formula is C15H23ClN2. The van der Waals surface area contributed by atoms with Gasteiger partial charge in [-0.1, -0.05) is 37.1 Å². The molecule has 0 aromatic heterocycles. The molecule has 1 atom stereocenters. The van der Waals surface area contributed by atoms with Gasteiger partial charge in [-0.05, 0) is 37.4 Å². The summed E-state index contributed by atoms with van der Waals surface area (Å²) in [6.07, 6.45) is 3.92. The van der Waals surface area contributed by atoms with Crippen LogP contribution in [-0.4, -0.2) is 20.1 Å². The minimum absolute atomic E-state index is 0.841. The van der Waals surface area contributed by atoms with E-state index in [0.29, 0.717) is 0 Å². The minimum atomic E-state index is 0.841. The van der Waals surface area contributed by atoms with Crippen molar-refractivity contribution in [2.45, 2.75) is 32.7 Å². The Balaban J connectivity index is 2.17. The van der Waals surface area contributed by atoms with Crippen LogP contribution in [0, 0.1) is 5.92 Å². The highest BCUT2D eigenvalue weighted by Crippen LogP contribution is 2.34. The molecule has 0 bridgehead atoms. The first-order chi connectivity index (χ1) is 8.76. The Kier molecular flexibility index (Phi) is 4.90. The number of nitrogens with zero attached hydrogens (tertiary/aromatic N) is 1. The van der Waals surface area contributed by atoms with E-state index in [9.17, 15) is 0 Å². The van der Waals surface area contributed by atoms with E-state index in [1.165, 1.54) is 30.5 Å². The predicted molar refractivity (Wildman–Crippen MR) is 79.4 cm³/mol. The highest BCUT2D eigenvalue weighted by Gasteiger charge is 2.24. The molecule has 1 aromatic carbocycles. The third-order valence-electron chi connectivity index (χ3n) is 3.74. The van der Waals surface area contributed by atoms with E-state index in [-0.39, 0.29) is 0 Å². The summed E-state index contributed by atoms with van der Waals surface area (Å²) < 4.78 is 0. The number of hydrogen-bond acceptors (Lipinski definition) is 2. The van der Waals surface area contributed by atoms with Crippen molar-refractivity contribution in [2.75, 3.05) is 25.0 Å². The van der Waals surface area contributed by atoms with Crippen LogP contribution in [0.25, 0.3) is 0 Å². The number of para-hydroxylation sites is 1. The number of benzene rings is 1. The first-order valence-corrected chi connectivity index (χ1v) is 7.31. The van der Waals surface area contributed by atoms with Gasteiger partial charge in [0.2, 0.25) is 0 Å². The summed E-state index contributed by atoms with van der Waals surface area (Å²) in [5, 5.41) is 4.11. The number of hydrogen-bond donors (Lipinski definition) is 1. The summed E-state index contributed by atoms with van der Waals surface area (Å²) in [5.74, 6) is 0.841. The summed E-state index contributed by atoms with van der Waals surface area (Å²) in [5.41, 5.74) is 2.55. The molecule has 2 rings (SSSR count). The topological polar surface area (TPSA) is 15.3 Å². The summed E-state index contributed by atoms with van der Waals surface area (Å²) in [6.45, 7) is 5.45. The molecule has 2 nitrogen and oxygen atoms in total. The van der Waals surface area contributed by atoms with E-state index in [4.69, 9.17) is 11.6 Å². The Hall–Kier alpha value is -0.730. The molecule has 0 aliphatic carbocycles. The van der Waals surface area contributed by atoms with E-state index in [0.717, 1.165) is 30.6 Å². The molecule has 1 unspecified atom stereocenters. The van der Waals surface area contributed by atoms with Gasteiger partial charge < -0.3 is 10.2 Å². The van der Waals surface area contributed by atoms with Crippen molar-refractivity contribution in [3.63, 3.8) is 0 Å². The highest BCUT2D eigenvalue weighted by atomic mass is 35.5. The predicted octanol–water partition coefficient (Wildman–Crippen LogP) is 3.69. The zero-order chi connectivity index (χ0) is 13.0. The van der Waals surface area contributed by atoms with Crippen molar-refractivity contribution < 1.29 is 0 Å². The third kappa shape index (κ3) is 2.99. The Morgan fingerprint density at radius 1 is 1.44 bits per heavy atom. The van der Waals surface area contributed by atoms with Gasteiger partial charge in [-0.2, -0.15) is 0 Å². The van der Waals surface area contributed by atoms with Crippen molar-refractivity contribution in [3.8, 4) is 0 Å².